The monoisotopic (exact) mass is 468 g/mol. The molecule has 0 N–H and O–H groups in total. The zero-order chi connectivity index (χ0) is 24.9. The molecule has 35 heavy (non-hydrogen) atoms. The molecule has 1 atom stereocenters. The van der Waals surface area contributed by atoms with E-state index in [1.54, 1.807) is 54.3 Å². The van der Waals surface area contributed by atoms with Crippen molar-refractivity contribution in [3.05, 3.63) is 88.5 Å². The third-order valence-electron chi connectivity index (χ3n) is 6.52. The highest BCUT2D eigenvalue weighted by Gasteiger charge is 2.38. The number of esters is 1. The molecule has 176 valence electrons. The van der Waals surface area contributed by atoms with E-state index in [1.165, 1.54) is 0 Å². The van der Waals surface area contributed by atoms with Crippen molar-refractivity contribution in [1.29, 1.82) is 0 Å². The van der Waals surface area contributed by atoms with Crippen molar-refractivity contribution in [2.45, 2.75) is 27.2 Å². The van der Waals surface area contributed by atoms with Crippen LogP contribution >= 0.6 is 0 Å². The first-order valence-electron chi connectivity index (χ1n) is 11.4. The highest BCUT2D eigenvalue weighted by Crippen LogP contribution is 2.33. The molecular weight excluding hydrogens is 444 g/mol. The fourth-order valence-corrected chi connectivity index (χ4v) is 4.76. The van der Waals surface area contributed by atoms with Crippen LogP contribution in [0.2, 0.25) is 0 Å². The molecule has 7 heteroatoms. The second kappa shape index (κ2) is 8.51. The van der Waals surface area contributed by atoms with Gasteiger partial charge in [0.05, 0.1) is 22.7 Å². The lowest BCUT2D eigenvalue weighted by Gasteiger charge is -2.19. The van der Waals surface area contributed by atoms with E-state index in [0.717, 1.165) is 21.7 Å². The average molecular weight is 469 g/mol. The van der Waals surface area contributed by atoms with Crippen molar-refractivity contribution in [2.75, 3.05) is 16.3 Å². The zero-order valence-corrected chi connectivity index (χ0v) is 19.7. The van der Waals surface area contributed by atoms with Gasteiger partial charge >= 0.3 is 5.97 Å². The van der Waals surface area contributed by atoms with Crippen molar-refractivity contribution in [2.24, 2.45) is 5.92 Å². The number of ether oxygens (including phenoxy) is 1. The van der Waals surface area contributed by atoms with Crippen LogP contribution in [0.3, 0.4) is 0 Å². The fraction of sp³-hybridized carbons (Fsp3) is 0.214. The minimum absolute atomic E-state index is 0.0816. The minimum atomic E-state index is -0.584. The van der Waals surface area contributed by atoms with Gasteiger partial charge in [0, 0.05) is 18.7 Å². The normalized spacial score (nSPS) is 17.2. The number of anilines is 2. The Labute approximate surface area is 202 Å². The molecule has 0 aliphatic carbocycles. The second-order valence-electron chi connectivity index (χ2n) is 9.06. The van der Waals surface area contributed by atoms with Crippen LogP contribution in [0.25, 0.3) is 0 Å². The number of amides is 3. The summed E-state index contributed by atoms with van der Waals surface area (Å²) >= 11 is 0. The van der Waals surface area contributed by atoms with Gasteiger partial charge in [0.25, 0.3) is 11.8 Å². The number of fused-ring (bicyclic) bond motifs is 1. The van der Waals surface area contributed by atoms with Crippen molar-refractivity contribution in [3.63, 3.8) is 0 Å². The summed E-state index contributed by atoms with van der Waals surface area (Å²) in [5, 5.41) is 0. The molecule has 7 nitrogen and oxygen atoms in total. The molecule has 5 rings (SSSR count). The van der Waals surface area contributed by atoms with E-state index in [9.17, 15) is 19.2 Å². The number of carbonyl (C=O) groups excluding carboxylic acids is 4. The molecular formula is C28H24N2O5. The van der Waals surface area contributed by atoms with Gasteiger partial charge in [-0.1, -0.05) is 29.8 Å². The largest absolute Gasteiger partial charge is 0.426 e. The van der Waals surface area contributed by atoms with Gasteiger partial charge in [0.2, 0.25) is 5.91 Å². The zero-order valence-electron chi connectivity index (χ0n) is 19.7. The molecule has 0 unspecified atom stereocenters. The van der Waals surface area contributed by atoms with E-state index in [2.05, 4.69) is 0 Å². The Morgan fingerprint density at radius 3 is 2.09 bits per heavy atom. The lowest BCUT2D eigenvalue weighted by atomic mass is 10.1. The van der Waals surface area contributed by atoms with Crippen LogP contribution in [0.15, 0.2) is 60.7 Å². The van der Waals surface area contributed by atoms with Gasteiger partial charge in [-0.3, -0.25) is 19.2 Å². The predicted molar refractivity (Wildman–Crippen MR) is 131 cm³/mol. The van der Waals surface area contributed by atoms with Gasteiger partial charge in [-0.25, -0.2) is 4.90 Å². The summed E-state index contributed by atoms with van der Waals surface area (Å²) in [4.78, 5) is 53.9. The first kappa shape index (κ1) is 22.5. The van der Waals surface area contributed by atoms with Crippen LogP contribution in [0, 0.1) is 26.7 Å². The first-order chi connectivity index (χ1) is 16.7. The molecule has 0 saturated carbocycles. The van der Waals surface area contributed by atoms with Crippen molar-refractivity contribution >= 4 is 35.1 Å². The Balaban J connectivity index is 1.31. The van der Waals surface area contributed by atoms with Gasteiger partial charge in [0.15, 0.2) is 0 Å². The quantitative estimate of drug-likeness (QED) is 0.323. The van der Waals surface area contributed by atoms with Gasteiger partial charge in [0.1, 0.15) is 5.75 Å². The van der Waals surface area contributed by atoms with Crippen LogP contribution in [-0.4, -0.2) is 30.2 Å². The lowest BCUT2D eigenvalue weighted by molar-refractivity contribution is -0.139. The van der Waals surface area contributed by atoms with Crippen molar-refractivity contribution < 1.29 is 23.9 Å². The van der Waals surface area contributed by atoms with E-state index < -0.39 is 11.9 Å². The molecule has 0 aromatic heterocycles. The molecule has 2 heterocycles. The summed E-state index contributed by atoms with van der Waals surface area (Å²) in [5.41, 5.74) is 4.67. The van der Waals surface area contributed by atoms with Crippen LogP contribution < -0.4 is 14.5 Å². The van der Waals surface area contributed by atoms with E-state index >= 15 is 0 Å². The van der Waals surface area contributed by atoms with Crippen LogP contribution in [0.5, 0.6) is 5.75 Å². The maximum atomic E-state index is 12.9. The van der Waals surface area contributed by atoms with E-state index in [1.807, 2.05) is 32.0 Å². The Hall–Kier alpha value is -4.26. The molecule has 3 aromatic rings. The topological polar surface area (TPSA) is 84.0 Å². The number of hydrogen-bond donors (Lipinski definition) is 0. The smallest absolute Gasteiger partial charge is 0.316 e. The van der Waals surface area contributed by atoms with E-state index in [0.29, 0.717) is 28.1 Å². The van der Waals surface area contributed by atoms with Crippen LogP contribution in [0.1, 0.15) is 43.8 Å². The van der Waals surface area contributed by atoms with Gasteiger partial charge in [-0.2, -0.15) is 0 Å². The molecule has 1 saturated heterocycles. The molecule has 0 bridgehead atoms. The third kappa shape index (κ3) is 3.89. The maximum Gasteiger partial charge on any atom is 0.316 e. The molecule has 0 spiro atoms. The molecule has 3 aromatic carbocycles. The summed E-state index contributed by atoms with van der Waals surface area (Å²) in [6, 6.07) is 17.3. The number of rotatable bonds is 4. The number of hydrogen-bond acceptors (Lipinski definition) is 5. The summed E-state index contributed by atoms with van der Waals surface area (Å²) in [6.45, 7) is 5.94. The number of imide groups is 1. The van der Waals surface area contributed by atoms with Crippen LogP contribution in [0.4, 0.5) is 11.4 Å². The summed E-state index contributed by atoms with van der Waals surface area (Å²) in [6.07, 6.45) is 0.0816. The van der Waals surface area contributed by atoms with E-state index in [4.69, 9.17) is 4.74 Å². The summed E-state index contributed by atoms with van der Waals surface area (Å²) in [7, 11) is 0. The number of carbonyl (C=O) groups is 4. The summed E-state index contributed by atoms with van der Waals surface area (Å²) < 4.78 is 5.59. The highest BCUT2D eigenvalue weighted by molar-refractivity contribution is 6.34. The number of benzene rings is 3. The molecule has 1 fully saturated rings. The lowest BCUT2D eigenvalue weighted by Crippen LogP contribution is -2.30. The highest BCUT2D eigenvalue weighted by atomic mass is 16.5. The van der Waals surface area contributed by atoms with Crippen LogP contribution in [-0.2, 0) is 9.59 Å². The Bertz CT molecular complexity index is 1380. The van der Waals surface area contributed by atoms with Crippen molar-refractivity contribution in [3.8, 4) is 5.75 Å². The van der Waals surface area contributed by atoms with Gasteiger partial charge < -0.3 is 9.64 Å². The Kier molecular flexibility index (Phi) is 5.47. The second-order valence-corrected chi connectivity index (χ2v) is 9.06. The average Bonchev–Trinajstić information content (AvgIpc) is 3.32. The first-order valence-corrected chi connectivity index (χ1v) is 11.4. The molecule has 2 aliphatic heterocycles. The number of nitrogens with zero attached hydrogens (tertiary/aromatic N) is 2. The van der Waals surface area contributed by atoms with Gasteiger partial charge in [-0.05, 0) is 68.3 Å². The molecule has 0 radical (unpaired) electrons. The third-order valence-corrected chi connectivity index (χ3v) is 6.52. The minimum Gasteiger partial charge on any atom is -0.426 e. The standard InChI is InChI=1S/C28H24N2O5/c1-16-8-10-23(17(2)12-16)29-15-19(14-25(29)31)28(34)35-20-9-11-24(18(3)13-20)30-26(32)21-6-4-5-7-22(21)27(30)33/h4-13,19H,14-15H2,1-3H3/t19-/m1/s1. The van der Waals surface area contributed by atoms with E-state index in [-0.39, 0.29) is 30.7 Å². The fourth-order valence-electron chi connectivity index (χ4n) is 4.76. The predicted octanol–water partition coefficient (Wildman–Crippen LogP) is 4.37. The summed E-state index contributed by atoms with van der Waals surface area (Å²) in [5.74, 6) is -1.65. The molecule has 3 amide bonds. The SMILES string of the molecule is Cc1ccc(N2C[C@H](C(=O)Oc3ccc(N4C(=O)c5ccccc5C4=O)c(C)c3)CC2=O)c(C)c1. The Morgan fingerprint density at radius 1 is 0.829 bits per heavy atom. The maximum absolute atomic E-state index is 12.9. The number of aryl methyl sites for hydroxylation is 3. The molecule has 2 aliphatic rings. The van der Waals surface area contributed by atoms with Crippen molar-refractivity contribution in [1.82, 2.24) is 0 Å². The Morgan fingerprint density at radius 2 is 1.46 bits per heavy atom. The van der Waals surface area contributed by atoms with Gasteiger partial charge in [-0.15, -0.1) is 0 Å².